The molecule has 2 saturated heterocycles. The molecule has 0 aromatic heterocycles. The highest BCUT2D eigenvalue weighted by Gasteiger charge is 2.31. The first-order chi connectivity index (χ1) is 9.50. The van der Waals surface area contributed by atoms with E-state index >= 15 is 0 Å². The second kappa shape index (κ2) is 6.83. The highest BCUT2D eigenvalue weighted by atomic mass is 32.1. The van der Waals surface area contributed by atoms with Gasteiger partial charge in [-0.1, -0.05) is 12.2 Å². The molecule has 0 saturated carbocycles. The molecular weight excluding hydrogens is 272 g/mol. The van der Waals surface area contributed by atoms with Gasteiger partial charge in [-0.05, 0) is 26.7 Å². The Morgan fingerprint density at radius 3 is 1.85 bits per heavy atom. The van der Waals surface area contributed by atoms with Crippen LogP contribution in [0.25, 0.3) is 0 Å². The molecule has 2 fully saturated rings. The molecule has 2 heterocycles. The monoisotopic (exact) mass is 298 g/mol. The minimum atomic E-state index is -0.00427. The second-order valence-electron chi connectivity index (χ2n) is 5.86. The summed E-state index contributed by atoms with van der Waals surface area (Å²) in [4.78, 5) is 19.5. The van der Waals surface area contributed by atoms with Gasteiger partial charge in [-0.15, -0.1) is 0 Å². The van der Waals surface area contributed by atoms with Gasteiger partial charge in [0.15, 0.2) is 0 Å². The van der Waals surface area contributed by atoms with Crippen molar-refractivity contribution in [3.05, 3.63) is 0 Å². The predicted molar refractivity (Wildman–Crippen MR) is 84.7 cm³/mol. The molecule has 2 unspecified atom stereocenters. The zero-order chi connectivity index (χ0) is 14.7. The van der Waals surface area contributed by atoms with Gasteiger partial charge in [-0.2, -0.15) is 0 Å². The molecule has 2 aliphatic rings. The highest BCUT2D eigenvalue weighted by Crippen LogP contribution is 2.14. The summed E-state index contributed by atoms with van der Waals surface area (Å²) < 4.78 is 0. The van der Waals surface area contributed by atoms with Crippen LogP contribution in [0.4, 0.5) is 0 Å². The third-order valence-corrected chi connectivity index (χ3v) is 4.97. The van der Waals surface area contributed by atoms with E-state index in [4.69, 9.17) is 18.0 Å². The van der Waals surface area contributed by atoms with Crippen molar-refractivity contribution in [3.8, 4) is 0 Å². The van der Waals surface area contributed by atoms with Crippen LogP contribution in [0.5, 0.6) is 0 Å². The Kier molecular flexibility index (Phi) is 5.35. The van der Waals surface area contributed by atoms with Crippen LogP contribution in [0.15, 0.2) is 0 Å². The number of carbonyl (C=O) groups is 1. The van der Waals surface area contributed by atoms with Crippen LogP contribution < -0.4 is 5.73 Å². The number of piperazine rings is 1. The maximum Gasteiger partial charge on any atom is 0.239 e. The van der Waals surface area contributed by atoms with E-state index in [0.717, 1.165) is 52.1 Å². The van der Waals surface area contributed by atoms with Crippen LogP contribution in [0, 0.1) is 0 Å². The van der Waals surface area contributed by atoms with Crippen LogP contribution >= 0.6 is 12.2 Å². The summed E-state index contributed by atoms with van der Waals surface area (Å²) in [6, 6.07) is 0.145. The molecule has 0 aromatic carbocycles. The number of hydrogen-bond acceptors (Lipinski definition) is 4. The summed E-state index contributed by atoms with van der Waals surface area (Å²) in [6.45, 7) is 9.63. The van der Waals surface area contributed by atoms with E-state index in [1.165, 1.54) is 0 Å². The number of hydrogen-bond donors (Lipinski definition) is 1. The summed E-state index contributed by atoms with van der Waals surface area (Å²) in [5.41, 5.74) is 5.71. The Hall–Kier alpha value is -0.720. The van der Waals surface area contributed by atoms with Crippen molar-refractivity contribution in [2.45, 2.75) is 38.8 Å². The van der Waals surface area contributed by atoms with Gasteiger partial charge >= 0.3 is 0 Å². The lowest BCUT2D eigenvalue weighted by Gasteiger charge is -2.40. The number of thiocarbonyl (C=S) groups is 1. The lowest BCUT2D eigenvalue weighted by atomic mass is 10.1. The number of nitrogens with zero attached hydrogens (tertiary/aromatic N) is 3. The lowest BCUT2D eigenvalue weighted by molar-refractivity contribution is -0.136. The molecule has 0 spiro atoms. The smallest absolute Gasteiger partial charge is 0.239 e. The van der Waals surface area contributed by atoms with Crippen LogP contribution in [-0.4, -0.2) is 76.9 Å². The number of nitrogens with two attached hydrogens (primary N) is 1. The van der Waals surface area contributed by atoms with E-state index < -0.39 is 0 Å². The molecule has 0 bridgehead atoms. The third-order valence-electron chi connectivity index (χ3n) is 4.63. The van der Waals surface area contributed by atoms with Crippen LogP contribution in [0.2, 0.25) is 0 Å². The Labute approximate surface area is 127 Å². The third kappa shape index (κ3) is 3.48. The topological polar surface area (TPSA) is 52.8 Å². The van der Waals surface area contributed by atoms with E-state index in [1.54, 1.807) is 0 Å². The van der Waals surface area contributed by atoms with E-state index in [0.29, 0.717) is 10.9 Å². The van der Waals surface area contributed by atoms with Gasteiger partial charge in [0.05, 0.1) is 17.1 Å². The van der Waals surface area contributed by atoms with E-state index in [9.17, 15) is 4.79 Å². The van der Waals surface area contributed by atoms with Gasteiger partial charge in [0.2, 0.25) is 5.91 Å². The van der Waals surface area contributed by atoms with Crippen molar-refractivity contribution in [1.82, 2.24) is 14.7 Å². The second-order valence-corrected chi connectivity index (χ2v) is 6.33. The summed E-state index contributed by atoms with van der Waals surface area (Å²) >= 11 is 5.06. The predicted octanol–water partition coefficient (Wildman–Crippen LogP) is 0.290. The first-order valence-corrected chi connectivity index (χ1v) is 7.97. The summed E-state index contributed by atoms with van der Waals surface area (Å²) in [7, 11) is 0. The Morgan fingerprint density at radius 1 is 0.950 bits per heavy atom. The zero-order valence-electron chi connectivity index (χ0n) is 12.5. The fourth-order valence-electron chi connectivity index (χ4n) is 3.05. The van der Waals surface area contributed by atoms with E-state index in [2.05, 4.69) is 16.7 Å². The minimum absolute atomic E-state index is 0.00427. The lowest BCUT2D eigenvalue weighted by Crippen LogP contribution is -2.57. The molecule has 2 atom stereocenters. The SMILES string of the molecule is CC(C(=O)N1CCCC1)N1CCN(C(C)C(N)=S)CC1. The van der Waals surface area contributed by atoms with Crippen molar-refractivity contribution in [1.29, 1.82) is 0 Å². The average Bonchev–Trinajstić information content (AvgIpc) is 2.99. The number of amides is 1. The molecule has 2 N–H and O–H groups in total. The van der Waals surface area contributed by atoms with Gasteiger partial charge < -0.3 is 10.6 Å². The fraction of sp³-hybridized carbons (Fsp3) is 0.857. The van der Waals surface area contributed by atoms with Crippen molar-refractivity contribution >= 4 is 23.1 Å². The first kappa shape index (κ1) is 15.7. The van der Waals surface area contributed by atoms with Crippen molar-refractivity contribution < 1.29 is 4.79 Å². The molecular formula is C14H26N4OS. The first-order valence-electron chi connectivity index (χ1n) is 7.57. The Morgan fingerprint density at radius 2 is 1.40 bits per heavy atom. The van der Waals surface area contributed by atoms with Gasteiger partial charge in [0.1, 0.15) is 0 Å². The number of carbonyl (C=O) groups excluding carboxylic acids is 1. The molecule has 20 heavy (non-hydrogen) atoms. The molecule has 114 valence electrons. The fourth-order valence-corrected chi connectivity index (χ4v) is 3.20. The molecule has 0 radical (unpaired) electrons. The summed E-state index contributed by atoms with van der Waals surface area (Å²) in [5, 5.41) is 0. The highest BCUT2D eigenvalue weighted by molar-refractivity contribution is 7.80. The molecule has 2 rings (SSSR count). The largest absolute Gasteiger partial charge is 0.392 e. The molecule has 5 nitrogen and oxygen atoms in total. The maximum atomic E-state index is 12.4. The van der Waals surface area contributed by atoms with Crippen LogP contribution in [-0.2, 0) is 4.79 Å². The molecule has 1 amide bonds. The summed E-state index contributed by atoms with van der Waals surface area (Å²) in [6.07, 6.45) is 2.30. The number of rotatable bonds is 4. The molecule has 6 heteroatoms. The minimum Gasteiger partial charge on any atom is -0.392 e. The van der Waals surface area contributed by atoms with Crippen molar-refractivity contribution in [3.63, 3.8) is 0 Å². The van der Waals surface area contributed by atoms with Crippen LogP contribution in [0.3, 0.4) is 0 Å². The Bertz CT molecular complexity index is 362. The normalized spacial score (nSPS) is 24.6. The van der Waals surface area contributed by atoms with Gasteiger partial charge in [-0.25, -0.2) is 0 Å². The molecule has 0 aliphatic carbocycles. The standard InChI is InChI=1S/C14H26N4OS/c1-11(13(15)20)16-7-9-17(10-8-16)12(2)14(19)18-5-3-4-6-18/h11-12H,3-10H2,1-2H3,(H2,15,20). The van der Waals surface area contributed by atoms with E-state index in [-0.39, 0.29) is 12.1 Å². The zero-order valence-corrected chi connectivity index (χ0v) is 13.4. The van der Waals surface area contributed by atoms with Gasteiger partial charge in [0.25, 0.3) is 0 Å². The molecule has 2 aliphatic heterocycles. The van der Waals surface area contributed by atoms with Crippen molar-refractivity contribution in [2.24, 2.45) is 5.73 Å². The molecule has 0 aromatic rings. The Balaban J connectivity index is 1.83. The average molecular weight is 298 g/mol. The van der Waals surface area contributed by atoms with E-state index in [1.807, 2.05) is 11.8 Å². The van der Waals surface area contributed by atoms with Gasteiger partial charge in [0, 0.05) is 39.3 Å². The summed E-state index contributed by atoms with van der Waals surface area (Å²) in [5.74, 6) is 0.290. The quantitative estimate of drug-likeness (QED) is 0.756. The maximum absolute atomic E-state index is 12.4. The van der Waals surface area contributed by atoms with Crippen molar-refractivity contribution in [2.75, 3.05) is 39.3 Å². The number of likely N-dealkylation sites (tertiary alicyclic amines) is 1. The van der Waals surface area contributed by atoms with Gasteiger partial charge in [-0.3, -0.25) is 14.6 Å². The van der Waals surface area contributed by atoms with Crippen LogP contribution in [0.1, 0.15) is 26.7 Å².